The Morgan fingerprint density at radius 2 is 2.24 bits per heavy atom. The molecule has 1 aliphatic heterocycles. The van der Waals surface area contributed by atoms with Crippen LogP contribution in [0.5, 0.6) is 0 Å². The number of aromatic amines is 1. The average Bonchev–Trinajstić information content (AvgIpc) is 2.93. The quantitative estimate of drug-likeness (QED) is 0.740. The smallest absolute Gasteiger partial charge is 0.143 e. The maximum absolute atomic E-state index is 5.74. The fraction of sp³-hybridized carbons (Fsp3) is 0.333. The number of hydrogen-bond donors (Lipinski definition) is 2. The third kappa shape index (κ3) is 2.03. The van der Waals surface area contributed by atoms with Crippen LogP contribution in [0, 0.1) is 0 Å². The van der Waals surface area contributed by atoms with Crippen LogP contribution in [0.25, 0.3) is 21.9 Å². The molecule has 6 heteroatoms. The fourth-order valence-corrected chi connectivity index (χ4v) is 2.95. The van der Waals surface area contributed by atoms with Gasteiger partial charge in [-0.25, -0.2) is 9.97 Å². The molecule has 0 unspecified atom stereocenters. The van der Waals surface area contributed by atoms with Crippen molar-refractivity contribution in [1.29, 1.82) is 0 Å². The number of benzene rings is 1. The Morgan fingerprint density at radius 3 is 3.14 bits per heavy atom. The van der Waals surface area contributed by atoms with Crippen molar-refractivity contribution in [2.24, 2.45) is 5.73 Å². The molecular formula is C15H17N5O. The first kappa shape index (κ1) is 12.6. The molecule has 1 atom stereocenters. The number of hydrogen-bond acceptors (Lipinski definition) is 5. The summed E-state index contributed by atoms with van der Waals surface area (Å²) in [5.74, 6) is 0.958. The predicted molar refractivity (Wildman–Crippen MR) is 82.4 cm³/mol. The molecule has 3 heterocycles. The van der Waals surface area contributed by atoms with Crippen LogP contribution in [0.4, 0.5) is 5.82 Å². The van der Waals surface area contributed by atoms with E-state index < -0.39 is 0 Å². The van der Waals surface area contributed by atoms with Crippen LogP contribution in [0.1, 0.15) is 0 Å². The van der Waals surface area contributed by atoms with Gasteiger partial charge in [-0.05, 0) is 6.07 Å². The minimum absolute atomic E-state index is 0.0639. The molecule has 6 nitrogen and oxygen atoms in total. The van der Waals surface area contributed by atoms with Gasteiger partial charge in [-0.3, -0.25) is 0 Å². The molecule has 0 spiro atoms. The van der Waals surface area contributed by atoms with Gasteiger partial charge in [0.1, 0.15) is 17.8 Å². The van der Waals surface area contributed by atoms with E-state index in [9.17, 15) is 0 Å². The summed E-state index contributed by atoms with van der Waals surface area (Å²) >= 11 is 0. The Bertz CT molecular complexity index is 784. The molecule has 0 saturated carbocycles. The summed E-state index contributed by atoms with van der Waals surface area (Å²) in [6, 6.07) is 8.21. The number of para-hydroxylation sites is 1. The normalized spacial score (nSPS) is 19.5. The zero-order chi connectivity index (χ0) is 14.2. The molecule has 3 aromatic rings. The number of fused-ring (bicyclic) bond motifs is 3. The van der Waals surface area contributed by atoms with Crippen LogP contribution in [0.15, 0.2) is 30.6 Å². The van der Waals surface area contributed by atoms with Gasteiger partial charge in [-0.1, -0.05) is 18.2 Å². The predicted octanol–water partition coefficient (Wildman–Crippen LogP) is 1.27. The lowest BCUT2D eigenvalue weighted by molar-refractivity contribution is 0.0464. The van der Waals surface area contributed by atoms with Gasteiger partial charge in [0.25, 0.3) is 0 Å². The van der Waals surface area contributed by atoms with Crippen molar-refractivity contribution in [3.8, 4) is 0 Å². The maximum Gasteiger partial charge on any atom is 0.143 e. The molecule has 1 aliphatic rings. The van der Waals surface area contributed by atoms with Crippen molar-refractivity contribution < 1.29 is 4.74 Å². The highest BCUT2D eigenvalue weighted by Crippen LogP contribution is 2.31. The zero-order valence-electron chi connectivity index (χ0n) is 11.6. The van der Waals surface area contributed by atoms with E-state index >= 15 is 0 Å². The topological polar surface area (TPSA) is 80.1 Å². The number of aromatic nitrogens is 3. The monoisotopic (exact) mass is 283 g/mol. The number of anilines is 1. The molecule has 1 saturated heterocycles. The number of H-pyrrole nitrogens is 1. The van der Waals surface area contributed by atoms with Gasteiger partial charge in [-0.2, -0.15) is 0 Å². The molecule has 1 fully saturated rings. The van der Waals surface area contributed by atoms with E-state index in [4.69, 9.17) is 10.5 Å². The van der Waals surface area contributed by atoms with Crippen molar-refractivity contribution in [3.05, 3.63) is 30.6 Å². The van der Waals surface area contributed by atoms with Crippen LogP contribution in [0.2, 0.25) is 0 Å². The Hall–Kier alpha value is -2.18. The van der Waals surface area contributed by atoms with E-state index in [0.29, 0.717) is 13.2 Å². The van der Waals surface area contributed by atoms with Crippen LogP contribution >= 0.6 is 0 Å². The molecule has 1 aromatic carbocycles. The summed E-state index contributed by atoms with van der Waals surface area (Å²) in [5.41, 5.74) is 7.69. The number of ether oxygens (including phenoxy) is 1. The highest BCUT2D eigenvalue weighted by Gasteiger charge is 2.23. The molecule has 0 aliphatic carbocycles. The third-order valence-corrected chi connectivity index (χ3v) is 3.98. The molecule has 2 aromatic heterocycles. The van der Waals surface area contributed by atoms with Gasteiger partial charge in [0, 0.05) is 30.5 Å². The van der Waals surface area contributed by atoms with Gasteiger partial charge >= 0.3 is 0 Å². The van der Waals surface area contributed by atoms with E-state index in [1.54, 1.807) is 6.33 Å². The van der Waals surface area contributed by atoms with Crippen molar-refractivity contribution in [2.45, 2.75) is 6.10 Å². The molecule has 3 N–H and O–H groups in total. The fourth-order valence-electron chi connectivity index (χ4n) is 2.95. The lowest BCUT2D eigenvalue weighted by atomic mass is 10.2. The molecule has 0 amide bonds. The van der Waals surface area contributed by atoms with E-state index in [0.717, 1.165) is 40.8 Å². The summed E-state index contributed by atoms with van der Waals surface area (Å²) < 4.78 is 5.64. The van der Waals surface area contributed by atoms with E-state index in [2.05, 4.69) is 32.0 Å². The summed E-state index contributed by atoms with van der Waals surface area (Å²) in [5, 5.41) is 2.23. The second-order valence-electron chi connectivity index (χ2n) is 5.27. The van der Waals surface area contributed by atoms with Crippen LogP contribution < -0.4 is 10.6 Å². The average molecular weight is 283 g/mol. The van der Waals surface area contributed by atoms with E-state index in [1.807, 2.05) is 12.1 Å². The van der Waals surface area contributed by atoms with Crippen molar-refractivity contribution >= 4 is 27.8 Å². The second kappa shape index (κ2) is 4.98. The van der Waals surface area contributed by atoms with Gasteiger partial charge < -0.3 is 20.4 Å². The first-order valence-electron chi connectivity index (χ1n) is 7.15. The number of rotatable bonds is 2. The standard InChI is InChI=1S/C15H17N5O/c16-7-10-8-20(5-6-21-10)15-13-11-3-1-2-4-12(11)19-14(13)17-9-18-15/h1-4,9-10H,5-8,16H2,(H,17,18,19)/t10-/m1/s1. The molecule has 108 valence electrons. The van der Waals surface area contributed by atoms with Crippen LogP contribution in [0.3, 0.4) is 0 Å². The summed E-state index contributed by atoms with van der Waals surface area (Å²) in [6.07, 6.45) is 1.67. The zero-order valence-corrected chi connectivity index (χ0v) is 11.6. The number of morpholine rings is 1. The van der Waals surface area contributed by atoms with Crippen LogP contribution in [-0.2, 0) is 4.74 Å². The highest BCUT2D eigenvalue weighted by atomic mass is 16.5. The van der Waals surface area contributed by atoms with Crippen molar-refractivity contribution in [2.75, 3.05) is 31.1 Å². The number of nitrogens with two attached hydrogens (primary N) is 1. The minimum atomic E-state index is 0.0639. The Kier molecular flexibility index (Phi) is 2.98. The third-order valence-electron chi connectivity index (χ3n) is 3.98. The number of nitrogens with one attached hydrogen (secondary N) is 1. The summed E-state index contributed by atoms with van der Waals surface area (Å²) in [4.78, 5) is 14.5. The lowest BCUT2D eigenvalue weighted by Gasteiger charge is -2.33. The van der Waals surface area contributed by atoms with Gasteiger partial charge in [0.2, 0.25) is 0 Å². The highest BCUT2D eigenvalue weighted by molar-refractivity contribution is 6.11. The maximum atomic E-state index is 5.74. The first-order valence-corrected chi connectivity index (χ1v) is 7.15. The van der Waals surface area contributed by atoms with E-state index in [1.165, 1.54) is 0 Å². The lowest BCUT2D eigenvalue weighted by Crippen LogP contribution is -2.46. The minimum Gasteiger partial charge on any atom is -0.373 e. The van der Waals surface area contributed by atoms with Crippen LogP contribution in [-0.4, -0.2) is 47.3 Å². The van der Waals surface area contributed by atoms with Gasteiger partial charge in [0.05, 0.1) is 18.1 Å². The van der Waals surface area contributed by atoms with Crippen molar-refractivity contribution in [3.63, 3.8) is 0 Å². The second-order valence-corrected chi connectivity index (χ2v) is 5.27. The summed E-state index contributed by atoms with van der Waals surface area (Å²) in [7, 11) is 0. The molecular weight excluding hydrogens is 266 g/mol. The SMILES string of the molecule is NC[C@@H]1CN(c2ncnc3[nH]c4ccccc4c23)CCO1. The number of nitrogens with zero attached hydrogens (tertiary/aromatic N) is 3. The largest absolute Gasteiger partial charge is 0.373 e. The Labute approximate surface area is 121 Å². The molecule has 0 radical (unpaired) electrons. The molecule has 21 heavy (non-hydrogen) atoms. The van der Waals surface area contributed by atoms with E-state index in [-0.39, 0.29) is 6.10 Å². The van der Waals surface area contributed by atoms with Crippen molar-refractivity contribution in [1.82, 2.24) is 15.0 Å². The first-order chi connectivity index (χ1) is 10.4. The molecule has 4 rings (SSSR count). The molecule has 0 bridgehead atoms. The summed E-state index contributed by atoms with van der Waals surface area (Å²) in [6.45, 7) is 2.79. The van der Waals surface area contributed by atoms with Gasteiger partial charge in [-0.15, -0.1) is 0 Å². The van der Waals surface area contributed by atoms with Gasteiger partial charge in [0.15, 0.2) is 0 Å². The Morgan fingerprint density at radius 1 is 1.33 bits per heavy atom. The Balaban J connectivity index is 1.88.